The number of rotatable bonds is 6. The largest absolute Gasteiger partial charge is 0.507 e. The fourth-order valence-electron chi connectivity index (χ4n) is 2.68. The van der Waals surface area contributed by atoms with Crippen LogP contribution in [0, 0.1) is 0 Å². The number of amides is 2. The van der Waals surface area contributed by atoms with Crippen LogP contribution in [-0.4, -0.2) is 30.2 Å². The number of nitrogens with one attached hydrogen (secondary N) is 2. The summed E-state index contributed by atoms with van der Waals surface area (Å²) in [4.78, 5) is 23.9. The molecule has 0 aliphatic heterocycles. The van der Waals surface area contributed by atoms with Crippen LogP contribution in [0.4, 0.5) is 5.69 Å². The smallest absolute Gasteiger partial charge is 0.249 e. The highest BCUT2D eigenvalue weighted by molar-refractivity contribution is 6.05. The second kappa shape index (κ2) is 8.68. The van der Waals surface area contributed by atoms with Crippen molar-refractivity contribution in [3.63, 3.8) is 0 Å². The number of nitrogens with zero attached hydrogens (tertiary/aromatic N) is 1. The molecule has 7 heteroatoms. The standard InChI is InChI=1S/C21H19N3O4/c1-28-16-7-4-6-15(11-16)23-20(26)12-21(27)24-22-13-18-17-8-3-2-5-14(17)9-10-19(18)25/h2-11,13,25H,12H2,1H3,(H,23,26)(H,24,27)/b22-13+. The van der Waals surface area contributed by atoms with Gasteiger partial charge in [-0.15, -0.1) is 0 Å². The average Bonchev–Trinajstić information content (AvgIpc) is 2.69. The van der Waals surface area contributed by atoms with Crippen LogP contribution < -0.4 is 15.5 Å². The van der Waals surface area contributed by atoms with Gasteiger partial charge in [-0.1, -0.05) is 36.4 Å². The van der Waals surface area contributed by atoms with Crippen LogP contribution in [0.1, 0.15) is 12.0 Å². The summed E-state index contributed by atoms with van der Waals surface area (Å²) < 4.78 is 5.08. The van der Waals surface area contributed by atoms with Crippen LogP contribution in [0.5, 0.6) is 11.5 Å². The molecule has 0 fully saturated rings. The summed E-state index contributed by atoms with van der Waals surface area (Å²) in [5.74, 6) is -0.403. The maximum atomic E-state index is 12.0. The number of aromatic hydroxyl groups is 1. The SMILES string of the molecule is COc1cccc(NC(=O)CC(=O)N/N=C/c2c(O)ccc3ccccc23)c1. The van der Waals surface area contributed by atoms with Crippen LogP contribution >= 0.6 is 0 Å². The fraction of sp³-hybridized carbons (Fsp3) is 0.0952. The van der Waals surface area contributed by atoms with E-state index in [4.69, 9.17) is 4.74 Å². The molecule has 0 heterocycles. The first-order valence-electron chi connectivity index (χ1n) is 8.53. The van der Waals surface area contributed by atoms with Crippen molar-refractivity contribution < 1.29 is 19.4 Å². The number of phenolic OH excluding ortho intramolecular Hbond substituents is 1. The number of carbonyl (C=O) groups is 2. The number of methoxy groups -OCH3 is 1. The molecule has 0 spiro atoms. The van der Waals surface area contributed by atoms with Gasteiger partial charge in [0, 0.05) is 17.3 Å². The summed E-state index contributed by atoms with van der Waals surface area (Å²) in [5, 5.41) is 18.3. The van der Waals surface area contributed by atoms with E-state index in [9.17, 15) is 14.7 Å². The van der Waals surface area contributed by atoms with E-state index in [1.165, 1.54) is 13.3 Å². The molecule has 3 aromatic rings. The van der Waals surface area contributed by atoms with E-state index in [2.05, 4.69) is 15.8 Å². The zero-order valence-corrected chi connectivity index (χ0v) is 15.2. The molecule has 3 aromatic carbocycles. The molecule has 7 nitrogen and oxygen atoms in total. The van der Waals surface area contributed by atoms with Gasteiger partial charge in [-0.2, -0.15) is 5.10 Å². The lowest BCUT2D eigenvalue weighted by molar-refractivity contribution is -0.126. The van der Waals surface area contributed by atoms with Crippen molar-refractivity contribution in [1.29, 1.82) is 0 Å². The molecule has 28 heavy (non-hydrogen) atoms. The third-order valence-corrected chi connectivity index (χ3v) is 4.01. The Morgan fingerprint density at radius 2 is 1.89 bits per heavy atom. The van der Waals surface area contributed by atoms with Crippen LogP contribution in [0.25, 0.3) is 10.8 Å². The highest BCUT2D eigenvalue weighted by Crippen LogP contribution is 2.25. The molecule has 0 aliphatic rings. The summed E-state index contributed by atoms with van der Waals surface area (Å²) in [6.07, 6.45) is 0.964. The maximum Gasteiger partial charge on any atom is 0.249 e. The van der Waals surface area contributed by atoms with Gasteiger partial charge < -0.3 is 15.2 Å². The Bertz CT molecular complexity index is 1050. The fourth-order valence-corrected chi connectivity index (χ4v) is 2.68. The van der Waals surface area contributed by atoms with Crippen molar-refractivity contribution in [3.8, 4) is 11.5 Å². The van der Waals surface area contributed by atoms with Gasteiger partial charge in [0.25, 0.3) is 0 Å². The summed E-state index contributed by atoms with van der Waals surface area (Å²) in [6.45, 7) is 0. The number of phenols is 1. The molecule has 0 saturated carbocycles. The van der Waals surface area contributed by atoms with Crippen molar-refractivity contribution >= 4 is 34.5 Å². The van der Waals surface area contributed by atoms with E-state index in [0.717, 1.165) is 10.8 Å². The van der Waals surface area contributed by atoms with E-state index in [0.29, 0.717) is 17.0 Å². The number of fused-ring (bicyclic) bond motifs is 1. The van der Waals surface area contributed by atoms with Crippen molar-refractivity contribution in [3.05, 3.63) is 66.2 Å². The van der Waals surface area contributed by atoms with E-state index >= 15 is 0 Å². The third kappa shape index (κ3) is 4.64. The summed E-state index contributed by atoms with van der Waals surface area (Å²) >= 11 is 0. The van der Waals surface area contributed by atoms with Crippen LogP contribution in [0.3, 0.4) is 0 Å². The first kappa shape index (κ1) is 18.9. The van der Waals surface area contributed by atoms with Gasteiger partial charge >= 0.3 is 0 Å². The summed E-state index contributed by atoms with van der Waals surface area (Å²) in [6, 6.07) is 17.7. The van der Waals surface area contributed by atoms with Gasteiger partial charge in [-0.25, -0.2) is 5.43 Å². The molecule has 3 N–H and O–H groups in total. The van der Waals surface area contributed by atoms with E-state index in [1.807, 2.05) is 24.3 Å². The predicted molar refractivity (Wildman–Crippen MR) is 108 cm³/mol. The molecule has 0 saturated heterocycles. The Morgan fingerprint density at radius 1 is 1.07 bits per heavy atom. The minimum Gasteiger partial charge on any atom is -0.507 e. The zero-order valence-electron chi connectivity index (χ0n) is 15.2. The van der Waals surface area contributed by atoms with Crippen molar-refractivity contribution in [2.75, 3.05) is 12.4 Å². The predicted octanol–water partition coefficient (Wildman–Crippen LogP) is 3.03. The Morgan fingerprint density at radius 3 is 2.71 bits per heavy atom. The Balaban J connectivity index is 1.60. The van der Waals surface area contributed by atoms with Gasteiger partial charge in [0.2, 0.25) is 11.8 Å². The summed E-state index contributed by atoms with van der Waals surface area (Å²) in [7, 11) is 1.53. The first-order chi connectivity index (χ1) is 13.6. The van der Waals surface area contributed by atoms with Gasteiger partial charge in [0.1, 0.15) is 17.9 Å². The Labute approximate surface area is 161 Å². The number of anilines is 1. The normalized spacial score (nSPS) is 10.8. The van der Waals surface area contributed by atoms with Crippen LogP contribution in [0.2, 0.25) is 0 Å². The van der Waals surface area contributed by atoms with Crippen LogP contribution in [0.15, 0.2) is 65.8 Å². The number of ether oxygens (including phenoxy) is 1. The molecular weight excluding hydrogens is 358 g/mol. The topological polar surface area (TPSA) is 100 Å². The highest BCUT2D eigenvalue weighted by atomic mass is 16.5. The third-order valence-electron chi connectivity index (χ3n) is 4.01. The second-order valence-corrected chi connectivity index (χ2v) is 5.97. The molecule has 0 atom stereocenters. The Kier molecular flexibility index (Phi) is 5.86. The zero-order chi connectivity index (χ0) is 19.9. The minimum absolute atomic E-state index is 0.0486. The monoisotopic (exact) mass is 377 g/mol. The lowest BCUT2D eigenvalue weighted by Crippen LogP contribution is -2.24. The van der Waals surface area contributed by atoms with E-state index in [-0.39, 0.29) is 5.75 Å². The minimum atomic E-state index is -0.573. The quantitative estimate of drug-likeness (QED) is 0.349. The van der Waals surface area contributed by atoms with Gasteiger partial charge in [-0.05, 0) is 29.0 Å². The number of hydrazone groups is 1. The summed E-state index contributed by atoms with van der Waals surface area (Å²) in [5.41, 5.74) is 3.31. The van der Waals surface area contributed by atoms with Crippen molar-refractivity contribution in [2.45, 2.75) is 6.42 Å². The van der Waals surface area contributed by atoms with E-state index < -0.39 is 18.2 Å². The molecule has 0 aliphatic carbocycles. The average molecular weight is 377 g/mol. The lowest BCUT2D eigenvalue weighted by atomic mass is 10.0. The lowest BCUT2D eigenvalue weighted by Gasteiger charge is -2.07. The highest BCUT2D eigenvalue weighted by Gasteiger charge is 2.10. The molecule has 3 rings (SSSR count). The molecule has 142 valence electrons. The second-order valence-electron chi connectivity index (χ2n) is 5.97. The number of hydrogen-bond acceptors (Lipinski definition) is 5. The molecule has 0 aromatic heterocycles. The van der Waals surface area contributed by atoms with E-state index in [1.54, 1.807) is 36.4 Å². The van der Waals surface area contributed by atoms with Gasteiger partial charge in [-0.3, -0.25) is 9.59 Å². The maximum absolute atomic E-state index is 12.0. The van der Waals surface area contributed by atoms with Crippen LogP contribution in [-0.2, 0) is 9.59 Å². The van der Waals surface area contributed by atoms with Gasteiger partial charge in [0.05, 0.1) is 13.3 Å². The number of carbonyl (C=O) groups excluding carboxylic acids is 2. The first-order valence-corrected chi connectivity index (χ1v) is 8.53. The number of hydrogen-bond donors (Lipinski definition) is 3. The molecular formula is C21H19N3O4. The van der Waals surface area contributed by atoms with Crippen molar-refractivity contribution in [2.24, 2.45) is 5.10 Å². The molecule has 2 amide bonds. The van der Waals surface area contributed by atoms with Crippen molar-refractivity contribution in [1.82, 2.24) is 5.43 Å². The molecule has 0 radical (unpaired) electrons. The molecule has 0 bridgehead atoms. The number of benzene rings is 3. The van der Waals surface area contributed by atoms with Gasteiger partial charge in [0.15, 0.2) is 0 Å². The molecule has 0 unspecified atom stereocenters. The Hall–Kier alpha value is -3.87.